The van der Waals surface area contributed by atoms with E-state index in [0.717, 1.165) is 18.7 Å². The predicted octanol–water partition coefficient (Wildman–Crippen LogP) is 1.48. The van der Waals surface area contributed by atoms with Crippen LogP contribution in [0.3, 0.4) is 0 Å². The zero-order valence-corrected chi connectivity index (χ0v) is 11.8. The highest BCUT2D eigenvalue weighted by molar-refractivity contribution is 5.67. The van der Waals surface area contributed by atoms with Gasteiger partial charge in [0.1, 0.15) is 5.60 Å². The fourth-order valence-electron chi connectivity index (χ4n) is 1.36. The van der Waals surface area contributed by atoms with Gasteiger partial charge in [0, 0.05) is 31.7 Å². The van der Waals surface area contributed by atoms with Crippen LogP contribution in [0.5, 0.6) is 0 Å². The zero-order valence-electron chi connectivity index (χ0n) is 11.8. The summed E-state index contributed by atoms with van der Waals surface area (Å²) in [5, 5.41) is 5.94. The van der Waals surface area contributed by atoms with E-state index in [-0.39, 0.29) is 6.09 Å². The standard InChI is InChI=1S/C13H22N4O2/c1-13(2,3)19-12(18)17-6-4-5-14-9-11-10-15-7-8-16-11/h7-8,10,14H,4-6,9H2,1-3H3,(H,17,18). The van der Waals surface area contributed by atoms with Gasteiger partial charge >= 0.3 is 6.09 Å². The van der Waals surface area contributed by atoms with Gasteiger partial charge in [-0.15, -0.1) is 0 Å². The van der Waals surface area contributed by atoms with Crippen LogP contribution >= 0.6 is 0 Å². The van der Waals surface area contributed by atoms with Crippen LogP contribution in [0.25, 0.3) is 0 Å². The topological polar surface area (TPSA) is 76.1 Å². The largest absolute Gasteiger partial charge is 0.444 e. The van der Waals surface area contributed by atoms with Crippen molar-refractivity contribution in [3.8, 4) is 0 Å². The molecule has 0 aromatic carbocycles. The van der Waals surface area contributed by atoms with Gasteiger partial charge in [-0.2, -0.15) is 0 Å². The maximum absolute atomic E-state index is 11.3. The van der Waals surface area contributed by atoms with E-state index in [0.29, 0.717) is 13.1 Å². The highest BCUT2D eigenvalue weighted by Gasteiger charge is 2.15. The van der Waals surface area contributed by atoms with Gasteiger partial charge in [0.15, 0.2) is 0 Å². The Morgan fingerprint density at radius 3 is 2.74 bits per heavy atom. The van der Waals surface area contributed by atoms with Gasteiger partial charge < -0.3 is 15.4 Å². The Kier molecular flexibility index (Phi) is 6.21. The van der Waals surface area contributed by atoms with Crippen LogP contribution in [-0.2, 0) is 11.3 Å². The first kappa shape index (κ1) is 15.4. The van der Waals surface area contributed by atoms with Crippen molar-refractivity contribution in [1.82, 2.24) is 20.6 Å². The molecule has 0 spiro atoms. The van der Waals surface area contributed by atoms with Crippen molar-refractivity contribution in [3.63, 3.8) is 0 Å². The second kappa shape index (κ2) is 7.68. The number of carbonyl (C=O) groups excluding carboxylic acids is 1. The minimum atomic E-state index is -0.450. The quantitative estimate of drug-likeness (QED) is 0.763. The van der Waals surface area contributed by atoms with E-state index < -0.39 is 5.60 Å². The molecule has 106 valence electrons. The number of alkyl carbamates (subject to hydrolysis) is 1. The lowest BCUT2D eigenvalue weighted by Crippen LogP contribution is -2.33. The number of aromatic nitrogens is 2. The molecule has 0 unspecified atom stereocenters. The molecule has 0 fully saturated rings. The van der Waals surface area contributed by atoms with Gasteiger partial charge in [-0.05, 0) is 33.7 Å². The number of hydrogen-bond acceptors (Lipinski definition) is 5. The Labute approximate surface area is 114 Å². The molecule has 0 bridgehead atoms. The molecule has 0 saturated carbocycles. The molecule has 0 aliphatic rings. The molecule has 6 heteroatoms. The van der Waals surface area contributed by atoms with Gasteiger partial charge in [-0.1, -0.05) is 0 Å². The molecule has 0 saturated heterocycles. The summed E-state index contributed by atoms with van der Waals surface area (Å²) in [7, 11) is 0. The molecule has 2 N–H and O–H groups in total. The molecule has 0 radical (unpaired) electrons. The summed E-state index contributed by atoms with van der Waals surface area (Å²) in [5.41, 5.74) is 0.455. The van der Waals surface area contributed by atoms with E-state index in [1.165, 1.54) is 0 Å². The number of nitrogens with zero attached hydrogens (tertiary/aromatic N) is 2. The van der Waals surface area contributed by atoms with Crippen molar-refractivity contribution in [3.05, 3.63) is 24.3 Å². The van der Waals surface area contributed by atoms with Gasteiger partial charge in [0.25, 0.3) is 0 Å². The molecular formula is C13H22N4O2. The third kappa shape index (κ3) is 8.10. The fourth-order valence-corrected chi connectivity index (χ4v) is 1.36. The number of hydrogen-bond donors (Lipinski definition) is 2. The summed E-state index contributed by atoms with van der Waals surface area (Å²) >= 11 is 0. The Morgan fingerprint density at radius 2 is 2.11 bits per heavy atom. The minimum absolute atomic E-state index is 0.374. The molecule has 0 aliphatic carbocycles. The lowest BCUT2D eigenvalue weighted by Gasteiger charge is -2.19. The van der Waals surface area contributed by atoms with Crippen molar-refractivity contribution < 1.29 is 9.53 Å². The van der Waals surface area contributed by atoms with Crippen LogP contribution in [0.2, 0.25) is 0 Å². The number of nitrogens with one attached hydrogen (secondary N) is 2. The summed E-state index contributed by atoms with van der Waals surface area (Å²) in [6, 6.07) is 0. The third-order valence-corrected chi connectivity index (χ3v) is 2.12. The lowest BCUT2D eigenvalue weighted by molar-refractivity contribution is 0.0527. The van der Waals surface area contributed by atoms with Crippen LogP contribution in [0.4, 0.5) is 4.79 Å². The van der Waals surface area contributed by atoms with Crippen molar-refractivity contribution in [2.45, 2.75) is 39.3 Å². The number of rotatable bonds is 6. The van der Waals surface area contributed by atoms with Gasteiger partial charge in [-0.25, -0.2) is 4.79 Å². The third-order valence-electron chi connectivity index (χ3n) is 2.12. The summed E-state index contributed by atoms with van der Waals surface area (Å²) in [6.07, 6.45) is 5.50. The van der Waals surface area contributed by atoms with Gasteiger partial charge in [0.05, 0.1) is 5.69 Å². The monoisotopic (exact) mass is 266 g/mol. The molecule has 19 heavy (non-hydrogen) atoms. The van der Waals surface area contributed by atoms with E-state index in [1.54, 1.807) is 18.6 Å². The highest BCUT2D eigenvalue weighted by atomic mass is 16.6. The molecule has 0 aliphatic heterocycles. The Hall–Kier alpha value is -1.69. The van der Waals surface area contributed by atoms with Crippen molar-refractivity contribution >= 4 is 6.09 Å². The SMILES string of the molecule is CC(C)(C)OC(=O)NCCCNCc1cnccn1. The predicted molar refractivity (Wildman–Crippen MR) is 72.6 cm³/mol. The molecule has 6 nitrogen and oxygen atoms in total. The van der Waals surface area contributed by atoms with E-state index in [2.05, 4.69) is 20.6 Å². The fraction of sp³-hybridized carbons (Fsp3) is 0.615. The molecular weight excluding hydrogens is 244 g/mol. The molecule has 1 amide bonds. The molecule has 0 atom stereocenters. The maximum Gasteiger partial charge on any atom is 0.407 e. The van der Waals surface area contributed by atoms with E-state index >= 15 is 0 Å². The average molecular weight is 266 g/mol. The summed E-state index contributed by atoms with van der Waals surface area (Å²) in [4.78, 5) is 19.5. The van der Waals surface area contributed by atoms with E-state index in [9.17, 15) is 4.79 Å². The molecule has 1 aromatic rings. The zero-order chi connectivity index (χ0) is 14.1. The average Bonchev–Trinajstić information content (AvgIpc) is 2.32. The van der Waals surface area contributed by atoms with Crippen LogP contribution in [0.15, 0.2) is 18.6 Å². The summed E-state index contributed by atoms with van der Waals surface area (Å²) < 4.78 is 5.12. The van der Waals surface area contributed by atoms with Crippen molar-refractivity contribution in [1.29, 1.82) is 0 Å². The molecule has 1 heterocycles. The first-order chi connectivity index (χ1) is 8.97. The van der Waals surface area contributed by atoms with Gasteiger partial charge in [0.2, 0.25) is 0 Å². The summed E-state index contributed by atoms with van der Waals surface area (Å²) in [5.74, 6) is 0. The van der Waals surface area contributed by atoms with Crippen LogP contribution in [0.1, 0.15) is 32.9 Å². The Balaban J connectivity index is 2.01. The van der Waals surface area contributed by atoms with Crippen LogP contribution in [-0.4, -0.2) is 34.8 Å². The Bertz CT molecular complexity index is 376. The normalized spacial score (nSPS) is 11.1. The Morgan fingerprint density at radius 1 is 1.32 bits per heavy atom. The first-order valence-corrected chi connectivity index (χ1v) is 6.40. The van der Waals surface area contributed by atoms with E-state index in [4.69, 9.17) is 4.74 Å². The van der Waals surface area contributed by atoms with E-state index in [1.807, 2.05) is 20.8 Å². The number of amides is 1. The minimum Gasteiger partial charge on any atom is -0.444 e. The maximum atomic E-state index is 11.3. The van der Waals surface area contributed by atoms with Gasteiger partial charge in [-0.3, -0.25) is 9.97 Å². The second-order valence-electron chi connectivity index (χ2n) is 5.16. The molecule has 1 aromatic heterocycles. The number of ether oxygens (including phenoxy) is 1. The smallest absolute Gasteiger partial charge is 0.407 e. The summed E-state index contributed by atoms with van der Waals surface area (Å²) in [6.45, 7) is 7.59. The first-order valence-electron chi connectivity index (χ1n) is 6.40. The highest BCUT2D eigenvalue weighted by Crippen LogP contribution is 2.06. The molecule has 1 rings (SSSR count). The van der Waals surface area contributed by atoms with Crippen molar-refractivity contribution in [2.75, 3.05) is 13.1 Å². The number of carbonyl (C=O) groups is 1. The van der Waals surface area contributed by atoms with Crippen LogP contribution < -0.4 is 10.6 Å². The second-order valence-corrected chi connectivity index (χ2v) is 5.16. The lowest BCUT2D eigenvalue weighted by atomic mass is 10.2. The van der Waals surface area contributed by atoms with Crippen LogP contribution in [0, 0.1) is 0 Å². The van der Waals surface area contributed by atoms with Crippen molar-refractivity contribution in [2.24, 2.45) is 0 Å².